The molecule has 3 atom stereocenters. The van der Waals surface area contributed by atoms with Gasteiger partial charge in [0.05, 0.1) is 6.10 Å². The van der Waals surface area contributed by atoms with Crippen LogP contribution in [0.15, 0.2) is 0 Å². The Morgan fingerprint density at radius 1 is 1.53 bits per heavy atom. The van der Waals surface area contributed by atoms with E-state index in [0.717, 1.165) is 25.7 Å². The van der Waals surface area contributed by atoms with Gasteiger partial charge in [-0.25, -0.2) is 0 Å². The molecule has 0 aromatic carbocycles. The van der Waals surface area contributed by atoms with Crippen LogP contribution in [0.5, 0.6) is 0 Å². The van der Waals surface area contributed by atoms with Crippen LogP contribution in [0, 0.1) is 0 Å². The molecule has 4 nitrogen and oxygen atoms in total. The second kappa shape index (κ2) is 6.07. The zero-order valence-corrected chi connectivity index (χ0v) is 11.6. The molecule has 2 unspecified atom stereocenters. The number of ether oxygens (including phenoxy) is 1. The fraction of sp³-hybridized carbons (Fsp3) is 0.917. The molecule has 0 radical (unpaired) electrons. The number of hydrogen-bond acceptors (Lipinski definition) is 4. The molecule has 0 amide bonds. The number of aliphatic carboxylic acids is 1. The Kier molecular flexibility index (Phi) is 5.28. The standard InChI is InChI=1S/C12H23NO3S/c1-12(2,10(13)11(14)15)17-9-6-4-5-8(7-9)16-3/h8-10H,4-7,13H2,1-3H3,(H,14,15)/t8?,9?,10-/m0/s1. The predicted molar refractivity (Wildman–Crippen MR) is 70.3 cm³/mol. The molecular formula is C12H23NO3S. The third-order valence-electron chi connectivity index (χ3n) is 3.40. The molecule has 0 heterocycles. The van der Waals surface area contributed by atoms with Gasteiger partial charge in [0.2, 0.25) is 0 Å². The average molecular weight is 261 g/mol. The lowest BCUT2D eigenvalue weighted by Gasteiger charge is -2.35. The van der Waals surface area contributed by atoms with Crippen LogP contribution < -0.4 is 5.73 Å². The molecule has 5 heteroatoms. The SMILES string of the molecule is COC1CCCC(SC(C)(C)[C@@H](N)C(=O)O)C1. The average Bonchev–Trinajstić information content (AvgIpc) is 2.27. The molecule has 1 aliphatic rings. The Balaban J connectivity index is 2.54. The Morgan fingerprint density at radius 3 is 2.71 bits per heavy atom. The lowest BCUT2D eigenvalue weighted by atomic mass is 9.97. The van der Waals surface area contributed by atoms with E-state index in [4.69, 9.17) is 15.6 Å². The summed E-state index contributed by atoms with van der Waals surface area (Å²) in [6.45, 7) is 3.82. The summed E-state index contributed by atoms with van der Waals surface area (Å²) in [5.41, 5.74) is 5.73. The van der Waals surface area contributed by atoms with Gasteiger partial charge < -0.3 is 15.6 Å². The van der Waals surface area contributed by atoms with Crippen LogP contribution in [0.4, 0.5) is 0 Å². The van der Waals surface area contributed by atoms with Crippen molar-refractivity contribution in [3.05, 3.63) is 0 Å². The van der Waals surface area contributed by atoms with Gasteiger partial charge in [0, 0.05) is 17.1 Å². The summed E-state index contributed by atoms with van der Waals surface area (Å²) in [6.07, 6.45) is 4.70. The van der Waals surface area contributed by atoms with Crippen LogP contribution in [-0.4, -0.2) is 40.3 Å². The smallest absolute Gasteiger partial charge is 0.321 e. The van der Waals surface area contributed by atoms with E-state index in [-0.39, 0.29) is 0 Å². The van der Waals surface area contributed by atoms with Crippen molar-refractivity contribution in [2.75, 3.05) is 7.11 Å². The van der Waals surface area contributed by atoms with Crippen LogP contribution in [-0.2, 0) is 9.53 Å². The van der Waals surface area contributed by atoms with Crippen molar-refractivity contribution in [2.45, 2.75) is 61.7 Å². The largest absolute Gasteiger partial charge is 0.480 e. The maximum atomic E-state index is 10.9. The molecular weight excluding hydrogens is 238 g/mol. The summed E-state index contributed by atoms with van der Waals surface area (Å²) in [7, 11) is 1.74. The summed E-state index contributed by atoms with van der Waals surface area (Å²) >= 11 is 1.69. The second-order valence-corrected chi connectivity index (χ2v) is 7.14. The van der Waals surface area contributed by atoms with Crippen molar-refractivity contribution in [1.82, 2.24) is 0 Å². The monoisotopic (exact) mass is 261 g/mol. The minimum absolute atomic E-state index is 0.318. The molecule has 100 valence electrons. The molecule has 1 fully saturated rings. The highest BCUT2D eigenvalue weighted by atomic mass is 32.2. The first-order chi connectivity index (χ1) is 7.86. The number of methoxy groups -OCH3 is 1. The molecule has 0 aromatic rings. The lowest BCUT2D eigenvalue weighted by molar-refractivity contribution is -0.139. The van der Waals surface area contributed by atoms with E-state index >= 15 is 0 Å². The van der Waals surface area contributed by atoms with Crippen LogP contribution >= 0.6 is 11.8 Å². The maximum absolute atomic E-state index is 10.9. The highest BCUT2D eigenvalue weighted by Crippen LogP contribution is 2.38. The van der Waals surface area contributed by atoms with Gasteiger partial charge >= 0.3 is 5.97 Å². The summed E-state index contributed by atoms with van der Waals surface area (Å²) in [4.78, 5) is 10.9. The van der Waals surface area contributed by atoms with Gasteiger partial charge in [-0.3, -0.25) is 4.79 Å². The second-order valence-electron chi connectivity index (χ2n) is 5.18. The van der Waals surface area contributed by atoms with Crippen molar-refractivity contribution in [1.29, 1.82) is 0 Å². The van der Waals surface area contributed by atoms with Gasteiger partial charge in [0.15, 0.2) is 0 Å². The van der Waals surface area contributed by atoms with Gasteiger partial charge in [0.25, 0.3) is 0 Å². The molecule has 1 rings (SSSR count). The number of hydrogen-bond donors (Lipinski definition) is 2. The third kappa shape index (κ3) is 4.16. The Labute approximate surface area is 107 Å². The summed E-state index contributed by atoms with van der Waals surface area (Å²) in [6, 6.07) is -0.824. The van der Waals surface area contributed by atoms with E-state index in [0.29, 0.717) is 11.4 Å². The number of nitrogens with two attached hydrogens (primary N) is 1. The summed E-state index contributed by atoms with van der Waals surface area (Å²) in [5.74, 6) is -0.929. The van der Waals surface area contributed by atoms with E-state index in [1.807, 2.05) is 13.8 Å². The van der Waals surface area contributed by atoms with Gasteiger partial charge in [-0.15, -0.1) is 11.8 Å². The molecule has 0 bridgehead atoms. The third-order valence-corrected chi connectivity index (χ3v) is 5.02. The van der Waals surface area contributed by atoms with E-state index < -0.39 is 16.8 Å². The fourth-order valence-corrected chi connectivity index (χ4v) is 3.93. The van der Waals surface area contributed by atoms with Gasteiger partial charge in [-0.05, 0) is 39.5 Å². The Hall–Kier alpha value is -0.260. The molecule has 1 aliphatic carbocycles. The van der Waals surface area contributed by atoms with Crippen molar-refractivity contribution < 1.29 is 14.6 Å². The van der Waals surface area contributed by atoms with Crippen LogP contribution in [0.3, 0.4) is 0 Å². The Bertz CT molecular complexity index is 270. The zero-order valence-electron chi connectivity index (χ0n) is 10.8. The quantitative estimate of drug-likeness (QED) is 0.790. The number of rotatable bonds is 5. The Morgan fingerprint density at radius 2 is 2.18 bits per heavy atom. The molecule has 17 heavy (non-hydrogen) atoms. The first kappa shape index (κ1) is 14.8. The minimum Gasteiger partial charge on any atom is -0.480 e. The van der Waals surface area contributed by atoms with Crippen molar-refractivity contribution >= 4 is 17.7 Å². The normalized spacial score (nSPS) is 27.8. The van der Waals surface area contributed by atoms with E-state index in [1.165, 1.54) is 0 Å². The molecule has 0 aromatic heterocycles. The van der Waals surface area contributed by atoms with Crippen LogP contribution in [0.1, 0.15) is 39.5 Å². The number of carbonyl (C=O) groups is 1. The summed E-state index contributed by atoms with van der Waals surface area (Å²) in [5, 5.41) is 9.44. The van der Waals surface area contributed by atoms with Crippen molar-refractivity contribution in [3.8, 4) is 0 Å². The molecule has 0 spiro atoms. The first-order valence-electron chi connectivity index (χ1n) is 6.06. The molecule has 0 aliphatic heterocycles. The van der Waals surface area contributed by atoms with E-state index in [9.17, 15) is 4.79 Å². The molecule has 0 saturated heterocycles. The highest BCUT2D eigenvalue weighted by molar-refractivity contribution is 8.01. The lowest BCUT2D eigenvalue weighted by Crippen LogP contribution is -2.48. The minimum atomic E-state index is -0.929. The number of carboxylic acid groups (broad SMARTS) is 1. The summed E-state index contributed by atoms with van der Waals surface area (Å²) < 4.78 is 4.94. The fourth-order valence-electron chi connectivity index (χ4n) is 2.22. The van der Waals surface area contributed by atoms with Crippen LogP contribution in [0.25, 0.3) is 0 Å². The van der Waals surface area contributed by atoms with Gasteiger partial charge in [-0.2, -0.15) is 0 Å². The number of thioether (sulfide) groups is 1. The maximum Gasteiger partial charge on any atom is 0.321 e. The highest BCUT2D eigenvalue weighted by Gasteiger charge is 2.36. The predicted octanol–water partition coefficient (Wildman–Crippen LogP) is 1.87. The van der Waals surface area contributed by atoms with Crippen LogP contribution in [0.2, 0.25) is 0 Å². The van der Waals surface area contributed by atoms with Crippen molar-refractivity contribution in [3.63, 3.8) is 0 Å². The van der Waals surface area contributed by atoms with E-state index in [2.05, 4.69) is 0 Å². The molecule has 3 N–H and O–H groups in total. The topological polar surface area (TPSA) is 72.5 Å². The van der Waals surface area contributed by atoms with Crippen molar-refractivity contribution in [2.24, 2.45) is 5.73 Å². The molecule has 1 saturated carbocycles. The van der Waals surface area contributed by atoms with Gasteiger partial charge in [0.1, 0.15) is 6.04 Å². The van der Waals surface area contributed by atoms with E-state index in [1.54, 1.807) is 18.9 Å². The zero-order chi connectivity index (χ0) is 13.1. The first-order valence-corrected chi connectivity index (χ1v) is 6.93. The number of carboxylic acids is 1. The van der Waals surface area contributed by atoms with Gasteiger partial charge in [-0.1, -0.05) is 0 Å².